The van der Waals surface area contributed by atoms with E-state index in [1.54, 1.807) is 24.9 Å². The van der Waals surface area contributed by atoms with E-state index in [0.29, 0.717) is 15.8 Å². The van der Waals surface area contributed by atoms with E-state index in [-0.39, 0.29) is 24.1 Å². The molecule has 1 atom stereocenters. The second-order valence-electron chi connectivity index (χ2n) is 6.02. The fourth-order valence-corrected chi connectivity index (χ4v) is 3.71. The van der Waals surface area contributed by atoms with Crippen LogP contribution in [0.15, 0.2) is 48.5 Å². The summed E-state index contributed by atoms with van der Waals surface area (Å²) in [6, 6.07) is 14.3. The average molecular weight is 425 g/mol. The molecule has 4 nitrogen and oxygen atoms in total. The van der Waals surface area contributed by atoms with Crippen molar-refractivity contribution < 1.29 is 9.59 Å². The Kier molecular flexibility index (Phi) is 8.48. The summed E-state index contributed by atoms with van der Waals surface area (Å²) in [5, 5.41) is 3.86. The quantitative estimate of drug-likeness (QED) is 0.683. The highest BCUT2D eigenvalue weighted by atomic mass is 35.5. The maximum atomic E-state index is 12.8. The van der Waals surface area contributed by atoms with Crippen LogP contribution in [-0.2, 0) is 21.9 Å². The molecular formula is C20H22Cl2N2O2S. The molecule has 27 heavy (non-hydrogen) atoms. The molecule has 0 aromatic heterocycles. The van der Waals surface area contributed by atoms with Crippen molar-refractivity contribution in [3.05, 3.63) is 69.7 Å². The van der Waals surface area contributed by atoms with Crippen LogP contribution >= 0.6 is 35.0 Å². The van der Waals surface area contributed by atoms with Gasteiger partial charge in [-0.15, -0.1) is 11.8 Å². The summed E-state index contributed by atoms with van der Waals surface area (Å²) in [4.78, 5) is 26.5. The molecule has 144 valence electrons. The Morgan fingerprint density at radius 3 is 2.41 bits per heavy atom. The van der Waals surface area contributed by atoms with E-state index in [9.17, 15) is 9.59 Å². The maximum Gasteiger partial charge on any atom is 0.242 e. The van der Waals surface area contributed by atoms with Crippen molar-refractivity contribution in [2.75, 3.05) is 12.8 Å². The minimum absolute atomic E-state index is 0.106. The largest absolute Gasteiger partial charge is 0.357 e. The van der Waals surface area contributed by atoms with Crippen LogP contribution in [0.4, 0.5) is 0 Å². The molecule has 0 heterocycles. The van der Waals surface area contributed by atoms with E-state index in [0.717, 1.165) is 11.1 Å². The first-order valence-electron chi connectivity index (χ1n) is 8.49. The van der Waals surface area contributed by atoms with Gasteiger partial charge in [-0.3, -0.25) is 9.59 Å². The molecule has 0 saturated heterocycles. The predicted octanol–water partition coefficient (Wildman–Crippen LogP) is 4.39. The minimum Gasteiger partial charge on any atom is -0.357 e. The first-order valence-corrected chi connectivity index (χ1v) is 10.4. The van der Waals surface area contributed by atoms with Gasteiger partial charge in [0.25, 0.3) is 0 Å². The number of benzene rings is 2. The highest BCUT2D eigenvalue weighted by molar-refractivity contribution is 7.99. The SMILES string of the molecule is CNC(=O)C(C)N(Cc1ccccc1Cl)C(=O)CSCc1ccc(Cl)cc1. The summed E-state index contributed by atoms with van der Waals surface area (Å²) in [5.74, 6) is 0.647. The molecule has 1 unspecified atom stereocenters. The van der Waals surface area contributed by atoms with Crippen LogP contribution in [0.3, 0.4) is 0 Å². The third kappa shape index (κ3) is 6.45. The summed E-state index contributed by atoms with van der Waals surface area (Å²) in [7, 11) is 1.56. The van der Waals surface area contributed by atoms with Crippen LogP contribution in [0.1, 0.15) is 18.1 Å². The van der Waals surface area contributed by atoms with E-state index in [4.69, 9.17) is 23.2 Å². The number of halogens is 2. The molecule has 1 N–H and O–H groups in total. The summed E-state index contributed by atoms with van der Waals surface area (Å²) in [6.07, 6.45) is 0. The van der Waals surface area contributed by atoms with Gasteiger partial charge in [0.2, 0.25) is 11.8 Å². The maximum absolute atomic E-state index is 12.8. The molecule has 0 bridgehead atoms. The van der Waals surface area contributed by atoms with Crippen LogP contribution < -0.4 is 5.32 Å². The highest BCUT2D eigenvalue weighted by Gasteiger charge is 2.25. The van der Waals surface area contributed by atoms with Gasteiger partial charge in [0.1, 0.15) is 6.04 Å². The van der Waals surface area contributed by atoms with Crippen molar-refractivity contribution in [3.8, 4) is 0 Å². The van der Waals surface area contributed by atoms with Crippen LogP contribution in [-0.4, -0.2) is 35.6 Å². The Balaban J connectivity index is 2.04. The van der Waals surface area contributed by atoms with E-state index >= 15 is 0 Å². The molecule has 0 saturated carbocycles. The summed E-state index contributed by atoms with van der Waals surface area (Å²) in [6.45, 7) is 2.01. The number of rotatable bonds is 8. The normalized spacial score (nSPS) is 11.7. The van der Waals surface area contributed by atoms with Crippen molar-refractivity contribution in [1.82, 2.24) is 10.2 Å². The second-order valence-corrected chi connectivity index (χ2v) is 7.85. The lowest BCUT2D eigenvalue weighted by atomic mass is 10.1. The average Bonchev–Trinajstić information content (AvgIpc) is 2.67. The van der Waals surface area contributed by atoms with E-state index in [2.05, 4.69) is 5.32 Å². The van der Waals surface area contributed by atoms with Crippen LogP contribution in [0.25, 0.3) is 0 Å². The zero-order chi connectivity index (χ0) is 19.8. The lowest BCUT2D eigenvalue weighted by molar-refractivity contribution is -0.138. The van der Waals surface area contributed by atoms with Crippen molar-refractivity contribution in [2.45, 2.75) is 25.3 Å². The van der Waals surface area contributed by atoms with Gasteiger partial charge in [0.05, 0.1) is 5.75 Å². The summed E-state index contributed by atoms with van der Waals surface area (Å²) in [5.41, 5.74) is 1.90. The van der Waals surface area contributed by atoms with Crippen LogP contribution in [0.5, 0.6) is 0 Å². The third-order valence-corrected chi connectivity index (χ3v) is 5.73. The fourth-order valence-electron chi connectivity index (χ4n) is 2.52. The van der Waals surface area contributed by atoms with Gasteiger partial charge in [-0.2, -0.15) is 0 Å². The molecule has 0 radical (unpaired) electrons. The van der Waals surface area contributed by atoms with Gasteiger partial charge < -0.3 is 10.2 Å². The summed E-state index contributed by atoms with van der Waals surface area (Å²) >= 11 is 13.6. The number of amides is 2. The van der Waals surface area contributed by atoms with Gasteiger partial charge in [0.15, 0.2) is 0 Å². The first-order chi connectivity index (χ1) is 12.9. The van der Waals surface area contributed by atoms with Gasteiger partial charge in [0, 0.05) is 29.4 Å². The second kappa shape index (κ2) is 10.6. The molecule has 2 aromatic rings. The molecule has 7 heteroatoms. The van der Waals surface area contributed by atoms with Crippen molar-refractivity contribution in [1.29, 1.82) is 0 Å². The van der Waals surface area contributed by atoms with Gasteiger partial charge in [-0.25, -0.2) is 0 Å². The smallest absolute Gasteiger partial charge is 0.242 e. The van der Waals surface area contributed by atoms with Gasteiger partial charge in [-0.05, 0) is 36.2 Å². The third-order valence-electron chi connectivity index (χ3n) is 4.12. The Hall–Kier alpha value is -1.69. The number of carbonyl (C=O) groups excluding carboxylic acids is 2. The lowest BCUT2D eigenvalue weighted by Gasteiger charge is -2.28. The number of thioether (sulfide) groups is 1. The topological polar surface area (TPSA) is 49.4 Å². The number of likely N-dealkylation sites (N-methyl/N-ethyl adjacent to an activating group) is 1. The number of nitrogens with zero attached hydrogens (tertiary/aromatic N) is 1. The molecule has 0 fully saturated rings. The molecule has 2 amide bonds. The van der Waals surface area contributed by atoms with E-state index in [1.807, 2.05) is 42.5 Å². The van der Waals surface area contributed by atoms with Crippen molar-refractivity contribution in [3.63, 3.8) is 0 Å². The zero-order valence-electron chi connectivity index (χ0n) is 15.2. The van der Waals surface area contributed by atoms with Crippen molar-refractivity contribution in [2.24, 2.45) is 0 Å². The van der Waals surface area contributed by atoms with Crippen molar-refractivity contribution >= 4 is 46.8 Å². The number of hydrogen-bond donors (Lipinski definition) is 1. The molecule has 2 aromatic carbocycles. The molecule has 0 spiro atoms. The Bertz CT molecular complexity index is 784. The Morgan fingerprint density at radius 1 is 1.11 bits per heavy atom. The van der Waals surface area contributed by atoms with E-state index < -0.39 is 6.04 Å². The van der Waals surface area contributed by atoms with Gasteiger partial charge in [-0.1, -0.05) is 53.5 Å². The minimum atomic E-state index is -0.588. The Labute approximate surface area is 174 Å². The predicted molar refractivity (Wildman–Crippen MR) is 113 cm³/mol. The van der Waals surface area contributed by atoms with Gasteiger partial charge >= 0.3 is 0 Å². The highest BCUT2D eigenvalue weighted by Crippen LogP contribution is 2.21. The molecule has 0 aliphatic rings. The fraction of sp³-hybridized carbons (Fsp3) is 0.300. The van der Waals surface area contributed by atoms with E-state index in [1.165, 1.54) is 11.8 Å². The summed E-state index contributed by atoms with van der Waals surface area (Å²) < 4.78 is 0. The number of hydrogen-bond acceptors (Lipinski definition) is 3. The standard InChI is InChI=1S/C20H22Cl2N2O2S/c1-14(20(26)23-2)24(11-16-5-3-4-6-18(16)22)19(25)13-27-12-15-7-9-17(21)10-8-15/h3-10,14H,11-13H2,1-2H3,(H,23,26). The molecular weight excluding hydrogens is 403 g/mol. The molecule has 2 rings (SSSR count). The monoisotopic (exact) mass is 424 g/mol. The van der Waals surface area contributed by atoms with Crippen LogP contribution in [0.2, 0.25) is 10.0 Å². The number of nitrogens with one attached hydrogen (secondary N) is 1. The lowest BCUT2D eigenvalue weighted by Crippen LogP contribution is -2.47. The molecule has 0 aliphatic heterocycles. The first kappa shape index (κ1) is 21.6. The number of carbonyl (C=O) groups is 2. The van der Waals surface area contributed by atoms with Crippen LogP contribution in [0, 0.1) is 0 Å². The zero-order valence-corrected chi connectivity index (χ0v) is 17.6. The Morgan fingerprint density at radius 2 is 1.78 bits per heavy atom. The molecule has 0 aliphatic carbocycles.